The lowest BCUT2D eigenvalue weighted by Gasteiger charge is -2.29. The van der Waals surface area contributed by atoms with Crippen molar-refractivity contribution >= 4 is 22.5 Å². The van der Waals surface area contributed by atoms with E-state index in [4.69, 9.17) is 9.97 Å². The number of nitrogens with one attached hydrogen (secondary N) is 2. The van der Waals surface area contributed by atoms with E-state index in [0.29, 0.717) is 46.9 Å². The van der Waals surface area contributed by atoms with E-state index in [0.717, 1.165) is 24.3 Å². The summed E-state index contributed by atoms with van der Waals surface area (Å²) in [5.74, 6) is 0.579. The highest BCUT2D eigenvalue weighted by Gasteiger charge is 2.24. The van der Waals surface area contributed by atoms with Gasteiger partial charge in [-0.1, -0.05) is 42.5 Å². The highest BCUT2D eigenvalue weighted by Crippen LogP contribution is 2.32. The Morgan fingerprint density at radius 3 is 2.60 bits per heavy atom. The Kier molecular flexibility index (Phi) is 5.42. The summed E-state index contributed by atoms with van der Waals surface area (Å²) < 4.78 is 28.6. The zero-order chi connectivity index (χ0) is 23.8. The van der Waals surface area contributed by atoms with Crippen LogP contribution in [0.5, 0.6) is 0 Å². The Bertz CT molecular complexity index is 1520. The van der Waals surface area contributed by atoms with E-state index in [-0.39, 0.29) is 11.6 Å². The number of aromatic amines is 1. The van der Waals surface area contributed by atoms with Crippen molar-refractivity contribution in [1.82, 2.24) is 25.1 Å². The zero-order valence-corrected chi connectivity index (χ0v) is 18.8. The fourth-order valence-corrected chi connectivity index (χ4v) is 4.51. The number of nitrogens with zero attached hydrogens (tertiary/aromatic N) is 4. The van der Waals surface area contributed by atoms with Crippen LogP contribution in [0, 0.1) is 11.6 Å². The minimum Gasteiger partial charge on any atom is -0.323 e. The molecule has 0 aliphatic carbocycles. The van der Waals surface area contributed by atoms with Crippen LogP contribution in [0.1, 0.15) is 16.8 Å². The maximum absolute atomic E-state index is 14.6. The average molecular weight is 469 g/mol. The molecule has 6 nitrogen and oxygen atoms in total. The van der Waals surface area contributed by atoms with Gasteiger partial charge < -0.3 is 5.32 Å². The van der Waals surface area contributed by atoms with Crippen molar-refractivity contribution in [3.63, 3.8) is 0 Å². The largest absolute Gasteiger partial charge is 0.323 e. The van der Waals surface area contributed by atoms with Crippen LogP contribution in [0.25, 0.3) is 22.3 Å². The topological polar surface area (TPSA) is 69.7 Å². The van der Waals surface area contributed by atoms with Crippen LogP contribution in [-0.2, 0) is 19.5 Å². The SMILES string of the molecule is Fc1ccc2[nH]nc(Nc3nc(-c4ccccc4F)nc4c3CN(Cc3ccccc3)CC4)c2c1. The monoisotopic (exact) mass is 468 g/mol. The molecule has 5 aromatic rings. The summed E-state index contributed by atoms with van der Waals surface area (Å²) in [7, 11) is 0. The number of rotatable bonds is 5. The molecule has 35 heavy (non-hydrogen) atoms. The van der Waals surface area contributed by atoms with E-state index < -0.39 is 0 Å². The van der Waals surface area contributed by atoms with Gasteiger partial charge in [0.1, 0.15) is 17.5 Å². The molecule has 3 aromatic carbocycles. The number of fused-ring (bicyclic) bond motifs is 2. The van der Waals surface area contributed by atoms with E-state index in [1.165, 1.54) is 23.8 Å². The molecular weight excluding hydrogens is 446 g/mol. The minimum absolute atomic E-state index is 0.312. The normalized spacial score (nSPS) is 13.7. The molecule has 0 spiro atoms. The quantitative estimate of drug-likeness (QED) is 0.351. The van der Waals surface area contributed by atoms with Gasteiger partial charge in [-0.05, 0) is 35.9 Å². The van der Waals surface area contributed by atoms with Gasteiger partial charge in [0.15, 0.2) is 11.6 Å². The number of benzene rings is 3. The van der Waals surface area contributed by atoms with Crippen molar-refractivity contribution in [3.8, 4) is 11.4 Å². The van der Waals surface area contributed by atoms with Crippen molar-refractivity contribution < 1.29 is 8.78 Å². The lowest BCUT2D eigenvalue weighted by atomic mass is 10.0. The zero-order valence-electron chi connectivity index (χ0n) is 18.8. The predicted octanol–water partition coefficient (Wildman–Crippen LogP) is 5.60. The van der Waals surface area contributed by atoms with Crippen LogP contribution in [-0.4, -0.2) is 31.6 Å². The number of hydrogen-bond donors (Lipinski definition) is 2. The smallest absolute Gasteiger partial charge is 0.164 e. The van der Waals surface area contributed by atoms with Crippen molar-refractivity contribution in [2.45, 2.75) is 19.5 Å². The van der Waals surface area contributed by atoms with Gasteiger partial charge in [0.05, 0.1) is 16.8 Å². The first-order valence-corrected chi connectivity index (χ1v) is 11.5. The van der Waals surface area contributed by atoms with Crippen molar-refractivity contribution in [2.75, 3.05) is 11.9 Å². The number of H-pyrrole nitrogens is 1. The summed E-state index contributed by atoms with van der Waals surface area (Å²) >= 11 is 0. The maximum Gasteiger partial charge on any atom is 0.164 e. The lowest BCUT2D eigenvalue weighted by molar-refractivity contribution is 0.243. The molecule has 0 radical (unpaired) electrons. The van der Waals surface area contributed by atoms with Gasteiger partial charge in [0.25, 0.3) is 0 Å². The lowest BCUT2D eigenvalue weighted by Crippen LogP contribution is -2.31. The molecule has 1 aliphatic rings. The van der Waals surface area contributed by atoms with E-state index in [1.807, 2.05) is 18.2 Å². The molecule has 0 unspecified atom stereocenters. The summed E-state index contributed by atoms with van der Waals surface area (Å²) in [5.41, 5.74) is 4.07. The summed E-state index contributed by atoms with van der Waals surface area (Å²) in [6.45, 7) is 2.25. The fraction of sp³-hybridized carbons (Fsp3) is 0.148. The minimum atomic E-state index is -0.382. The molecule has 1 aliphatic heterocycles. The van der Waals surface area contributed by atoms with Gasteiger partial charge in [-0.25, -0.2) is 18.7 Å². The molecule has 0 atom stereocenters. The van der Waals surface area contributed by atoms with E-state index in [1.54, 1.807) is 24.3 Å². The second-order valence-corrected chi connectivity index (χ2v) is 8.63. The molecule has 2 aromatic heterocycles. The van der Waals surface area contributed by atoms with Crippen LogP contribution >= 0.6 is 0 Å². The summed E-state index contributed by atoms with van der Waals surface area (Å²) in [4.78, 5) is 11.8. The van der Waals surface area contributed by atoms with E-state index in [9.17, 15) is 8.78 Å². The van der Waals surface area contributed by atoms with Crippen LogP contribution in [0.4, 0.5) is 20.4 Å². The van der Waals surface area contributed by atoms with Gasteiger partial charge in [-0.15, -0.1) is 0 Å². The molecular formula is C27H22F2N6. The molecule has 8 heteroatoms. The third kappa shape index (κ3) is 4.24. The molecule has 0 saturated carbocycles. The maximum atomic E-state index is 14.6. The van der Waals surface area contributed by atoms with Crippen molar-refractivity contribution in [3.05, 3.63) is 101 Å². The van der Waals surface area contributed by atoms with Crippen molar-refractivity contribution in [1.29, 1.82) is 0 Å². The molecule has 0 fully saturated rings. The molecule has 2 N–H and O–H groups in total. The van der Waals surface area contributed by atoms with Crippen LogP contribution in [0.3, 0.4) is 0 Å². The Hall–Kier alpha value is -4.17. The average Bonchev–Trinajstić information content (AvgIpc) is 3.27. The molecule has 0 bridgehead atoms. The molecule has 0 amide bonds. The third-order valence-electron chi connectivity index (χ3n) is 6.26. The number of halogens is 2. The van der Waals surface area contributed by atoms with E-state index >= 15 is 0 Å². The van der Waals surface area contributed by atoms with Gasteiger partial charge in [0, 0.05) is 37.0 Å². The summed E-state index contributed by atoms with van der Waals surface area (Å²) in [6, 6.07) is 21.2. The van der Waals surface area contributed by atoms with Crippen LogP contribution < -0.4 is 5.32 Å². The van der Waals surface area contributed by atoms with Crippen molar-refractivity contribution in [2.24, 2.45) is 0 Å². The predicted molar refractivity (Wildman–Crippen MR) is 131 cm³/mol. The summed E-state index contributed by atoms with van der Waals surface area (Å²) in [5, 5.41) is 11.2. The van der Waals surface area contributed by atoms with Gasteiger partial charge in [-0.3, -0.25) is 10.00 Å². The number of aromatic nitrogens is 4. The third-order valence-corrected chi connectivity index (χ3v) is 6.26. The highest BCUT2D eigenvalue weighted by atomic mass is 19.1. The number of anilines is 2. The Balaban J connectivity index is 1.42. The molecule has 0 saturated heterocycles. The first kappa shape index (κ1) is 21.4. The molecule has 3 heterocycles. The highest BCUT2D eigenvalue weighted by molar-refractivity contribution is 5.91. The van der Waals surface area contributed by atoms with E-state index in [2.05, 4.69) is 32.5 Å². The van der Waals surface area contributed by atoms with Gasteiger partial charge in [-0.2, -0.15) is 5.10 Å². The first-order valence-electron chi connectivity index (χ1n) is 11.5. The first-order chi connectivity index (χ1) is 17.1. The fourth-order valence-electron chi connectivity index (χ4n) is 4.51. The van der Waals surface area contributed by atoms with Gasteiger partial charge >= 0.3 is 0 Å². The second-order valence-electron chi connectivity index (χ2n) is 8.63. The molecule has 174 valence electrons. The molecule has 6 rings (SSSR count). The standard InChI is InChI=1S/C27H22F2N6/c28-18-10-11-24-20(14-18)27(34-33-24)32-26-21-16-35(15-17-6-2-1-3-7-17)13-12-23(21)30-25(31-26)19-8-4-5-9-22(19)29/h1-11,14H,12-13,15-16H2,(H2,30,31,32,33,34). The summed E-state index contributed by atoms with van der Waals surface area (Å²) in [6.07, 6.45) is 0.705. The van der Waals surface area contributed by atoms with Gasteiger partial charge in [0.2, 0.25) is 0 Å². The second kappa shape index (κ2) is 8.88. The van der Waals surface area contributed by atoms with Crippen LogP contribution in [0.15, 0.2) is 72.8 Å². The van der Waals surface area contributed by atoms with Crippen LogP contribution in [0.2, 0.25) is 0 Å². The Labute approximate surface area is 200 Å². The number of hydrogen-bond acceptors (Lipinski definition) is 5. The Morgan fingerprint density at radius 1 is 0.914 bits per heavy atom. The Morgan fingerprint density at radius 2 is 1.74 bits per heavy atom.